The van der Waals surface area contributed by atoms with Gasteiger partial charge in [0.1, 0.15) is 5.75 Å². The Labute approximate surface area is 101 Å². The highest BCUT2D eigenvalue weighted by molar-refractivity contribution is 7.88. The van der Waals surface area contributed by atoms with Crippen molar-refractivity contribution in [3.8, 4) is 5.75 Å². The molecule has 6 heteroatoms. The summed E-state index contributed by atoms with van der Waals surface area (Å²) < 4.78 is 28.9. The predicted octanol–water partition coefficient (Wildman–Crippen LogP) is 1.74. The van der Waals surface area contributed by atoms with Gasteiger partial charge < -0.3 is 4.74 Å². The summed E-state index contributed by atoms with van der Waals surface area (Å²) in [5, 5.41) is 0.553. The second kappa shape index (κ2) is 5.03. The topological polar surface area (TPSA) is 46.6 Å². The lowest BCUT2D eigenvalue weighted by atomic mass is 10.2. The highest BCUT2D eigenvalue weighted by Crippen LogP contribution is 2.24. The first-order chi connectivity index (χ1) is 7.34. The molecule has 0 spiro atoms. The molecule has 1 aromatic carbocycles. The summed E-state index contributed by atoms with van der Waals surface area (Å²) in [4.78, 5) is 0. The van der Waals surface area contributed by atoms with E-state index in [1.54, 1.807) is 18.2 Å². The molecule has 90 valence electrons. The Hall–Kier alpha value is -0.780. The van der Waals surface area contributed by atoms with E-state index in [4.69, 9.17) is 16.3 Å². The highest BCUT2D eigenvalue weighted by Gasteiger charge is 2.14. The number of hydrogen-bond donors (Lipinski definition) is 0. The Morgan fingerprint density at radius 3 is 2.56 bits per heavy atom. The lowest BCUT2D eigenvalue weighted by Gasteiger charge is -2.16. The van der Waals surface area contributed by atoms with E-state index in [1.807, 2.05) is 0 Å². The first-order valence-corrected chi connectivity index (χ1v) is 6.81. The van der Waals surface area contributed by atoms with Gasteiger partial charge in [-0.3, -0.25) is 0 Å². The van der Waals surface area contributed by atoms with Gasteiger partial charge in [0.05, 0.1) is 13.4 Å². The van der Waals surface area contributed by atoms with Crippen LogP contribution in [0.3, 0.4) is 0 Å². The predicted molar refractivity (Wildman–Crippen MR) is 64.3 cm³/mol. The lowest BCUT2D eigenvalue weighted by molar-refractivity contribution is 0.398. The summed E-state index contributed by atoms with van der Waals surface area (Å²) in [5.41, 5.74) is 0.739. The maximum Gasteiger partial charge on any atom is 0.211 e. The van der Waals surface area contributed by atoms with Crippen molar-refractivity contribution in [2.24, 2.45) is 0 Å². The number of rotatable bonds is 4. The molecule has 0 N–H and O–H groups in total. The SMILES string of the molecule is COc1ccc(Cl)cc1CN(C)S(C)(=O)=O. The van der Waals surface area contributed by atoms with Crippen LogP contribution in [0.1, 0.15) is 5.56 Å². The van der Waals surface area contributed by atoms with Crippen molar-refractivity contribution in [3.63, 3.8) is 0 Å². The van der Waals surface area contributed by atoms with Crippen molar-refractivity contribution in [2.75, 3.05) is 20.4 Å². The van der Waals surface area contributed by atoms with Crippen molar-refractivity contribution in [3.05, 3.63) is 28.8 Å². The fourth-order valence-electron chi connectivity index (χ4n) is 1.23. The normalized spacial score (nSPS) is 11.8. The number of nitrogens with zero attached hydrogens (tertiary/aromatic N) is 1. The summed E-state index contributed by atoms with van der Waals surface area (Å²) in [6.07, 6.45) is 1.16. The maximum absolute atomic E-state index is 11.3. The molecule has 0 heterocycles. The summed E-state index contributed by atoms with van der Waals surface area (Å²) in [6.45, 7) is 0.239. The van der Waals surface area contributed by atoms with Crippen LogP contribution in [0.25, 0.3) is 0 Å². The molecule has 0 amide bonds. The monoisotopic (exact) mass is 263 g/mol. The lowest BCUT2D eigenvalue weighted by Crippen LogP contribution is -2.25. The van der Waals surface area contributed by atoms with E-state index in [2.05, 4.69) is 0 Å². The van der Waals surface area contributed by atoms with Gasteiger partial charge in [0, 0.05) is 24.2 Å². The third kappa shape index (κ3) is 3.37. The van der Waals surface area contributed by atoms with Gasteiger partial charge in [0.15, 0.2) is 0 Å². The van der Waals surface area contributed by atoms with Gasteiger partial charge in [-0.2, -0.15) is 0 Å². The summed E-state index contributed by atoms with van der Waals surface area (Å²) >= 11 is 5.85. The summed E-state index contributed by atoms with van der Waals surface area (Å²) in [6, 6.07) is 5.11. The number of benzene rings is 1. The van der Waals surface area contributed by atoms with Gasteiger partial charge in [-0.15, -0.1) is 0 Å². The largest absolute Gasteiger partial charge is 0.496 e. The molecule has 4 nitrogen and oxygen atoms in total. The Kier molecular flexibility index (Phi) is 4.18. The third-order valence-electron chi connectivity index (χ3n) is 2.20. The Bertz CT molecular complexity index is 473. The van der Waals surface area contributed by atoms with Gasteiger partial charge in [0.25, 0.3) is 0 Å². The molecule has 1 rings (SSSR count). The van der Waals surface area contributed by atoms with Gasteiger partial charge in [-0.25, -0.2) is 12.7 Å². The van der Waals surface area contributed by atoms with E-state index >= 15 is 0 Å². The molecule has 0 bridgehead atoms. The van der Waals surface area contributed by atoms with Gasteiger partial charge >= 0.3 is 0 Å². The van der Waals surface area contributed by atoms with Crippen molar-refractivity contribution in [1.29, 1.82) is 0 Å². The Morgan fingerprint density at radius 1 is 1.44 bits per heavy atom. The van der Waals surface area contributed by atoms with E-state index in [9.17, 15) is 8.42 Å². The minimum absolute atomic E-state index is 0.239. The van der Waals surface area contributed by atoms with Crippen molar-refractivity contribution < 1.29 is 13.2 Å². The van der Waals surface area contributed by atoms with Crippen molar-refractivity contribution in [1.82, 2.24) is 4.31 Å². The van der Waals surface area contributed by atoms with Crippen LogP contribution < -0.4 is 4.74 Å². The van der Waals surface area contributed by atoms with E-state index in [-0.39, 0.29) is 6.54 Å². The third-order valence-corrected chi connectivity index (χ3v) is 3.70. The average molecular weight is 264 g/mol. The minimum atomic E-state index is -3.20. The summed E-state index contributed by atoms with van der Waals surface area (Å²) in [7, 11) is -0.160. The zero-order valence-electron chi connectivity index (χ0n) is 9.40. The zero-order chi connectivity index (χ0) is 12.3. The van der Waals surface area contributed by atoms with Crippen LogP contribution in [0, 0.1) is 0 Å². The fraction of sp³-hybridized carbons (Fsp3) is 0.400. The number of hydrogen-bond acceptors (Lipinski definition) is 3. The molecule has 0 saturated carbocycles. The molecule has 1 aromatic rings. The van der Waals surface area contributed by atoms with Crippen LogP contribution in [0.2, 0.25) is 5.02 Å². The van der Waals surface area contributed by atoms with Crippen LogP contribution in [-0.4, -0.2) is 33.1 Å². The molecule has 0 fully saturated rings. The van der Waals surface area contributed by atoms with E-state index in [0.717, 1.165) is 11.8 Å². The zero-order valence-corrected chi connectivity index (χ0v) is 11.0. The molecular weight excluding hydrogens is 250 g/mol. The molecule has 0 saturated heterocycles. The van der Waals surface area contributed by atoms with Crippen LogP contribution in [0.4, 0.5) is 0 Å². The molecule has 0 unspecified atom stereocenters. The first kappa shape index (κ1) is 13.3. The average Bonchev–Trinajstić information content (AvgIpc) is 2.16. The second-order valence-corrected chi connectivity index (χ2v) is 6.00. The van der Waals surface area contributed by atoms with E-state index in [1.165, 1.54) is 18.5 Å². The molecular formula is C10H14ClNO3S. The Balaban J connectivity index is 3.00. The van der Waals surface area contributed by atoms with Crippen molar-refractivity contribution in [2.45, 2.75) is 6.54 Å². The molecule has 16 heavy (non-hydrogen) atoms. The van der Waals surface area contributed by atoms with Crippen molar-refractivity contribution >= 4 is 21.6 Å². The van der Waals surface area contributed by atoms with Gasteiger partial charge in [-0.1, -0.05) is 11.6 Å². The van der Waals surface area contributed by atoms with Crippen LogP contribution >= 0.6 is 11.6 Å². The number of sulfonamides is 1. The molecule has 0 atom stereocenters. The van der Waals surface area contributed by atoms with Gasteiger partial charge in [-0.05, 0) is 18.2 Å². The smallest absolute Gasteiger partial charge is 0.211 e. The number of halogens is 1. The number of ether oxygens (including phenoxy) is 1. The van der Waals surface area contributed by atoms with Crippen LogP contribution in [0.15, 0.2) is 18.2 Å². The summed E-state index contributed by atoms with van der Waals surface area (Å²) in [5.74, 6) is 0.625. The molecule has 0 aromatic heterocycles. The fourth-order valence-corrected chi connectivity index (χ4v) is 1.80. The van der Waals surface area contributed by atoms with Crippen LogP contribution in [-0.2, 0) is 16.6 Å². The molecule has 0 aliphatic rings. The quantitative estimate of drug-likeness (QED) is 0.831. The van der Waals surface area contributed by atoms with E-state index in [0.29, 0.717) is 10.8 Å². The molecule has 0 radical (unpaired) electrons. The first-order valence-electron chi connectivity index (χ1n) is 4.58. The van der Waals surface area contributed by atoms with Crippen LogP contribution in [0.5, 0.6) is 5.75 Å². The molecule has 0 aliphatic carbocycles. The molecule has 0 aliphatic heterocycles. The highest BCUT2D eigenvalue weighted by atomic mass is 35.5. The van der Waals surface area contributed by atoms with Gasteiger partial charge in [0.2, 0.25) is 10.0 Å². The Morgan fingerprint density at radius 2 is 2.06 bits per heavy atom. The maximum atomic E-state index is 11.3. The van der Waals surface area contributed by atoms with E-state index < -0.39 is 10.0 Å². The number of methoxy groups -OCH3 is 1. The minimum Gasteiger partial charge on any atom is -0.496 e. The standard InChI is InChI=1S/C10H14ClNO3S/c1-12(16(3,13)14)7-8-6-9(11)4-5-10(8)15-2/h4-6H,7H2,1-3H3. The second-order valence-electron chi connectivity index (χ2n) is 3.48.